The van der Waals surface area contributed by atoms with Gasteiger partial charge in [0.2, 0.25) is 11.8 Å². The number of rotatable bonds is 7. The topological polar surface area (TPSA) is 101 Å². The molecule has 1 aliphatic rings. The summed E-state index contributed by atoms with van der Waals surface area (Å²) in [6, 6.07) is 17.6. The van der Waals surface area contributed by atoms with E-state index in [9.17, 15) is 9.59 Å². The lowest BCUT2D eigenvalue weighted by molar-refractivity contribution is -0.135. The summed E-state index contributed by atoms with van der Waals surface area (Å²) in [7, 11) is 1.55. The summed E-state index contributed by atoms with van der Waals surface area (Å²) in [6.45, 7) is 2.39. The van der Waals surface area contributed by atoms with Gasteiger partial charge in [-0.05, 0) is 49.6 Å². The van der Waals surface area contributed by atoms with Crippen LogP contribution in [0.15, 0.2) is 54.6 Å². The molecule has 1 saturated carbocycles. The van der Waals surface area contributed by atoms with E-state index in [2.05, 4.69) is 10.3 Å². The van der Waals surface area contributed by atoms with Crippen LogP contribution in [-0.2, 0) is 22.6 Å². The number of pyridine rings is 1. The molecule has 2 amide bonds. The molecule has 0 bridgehead atoms. The number of para-hydroxylation sites is 1. The third kappa shape index (κ3) is 4.09. The number of carbonyl (C=O) groups excluding carboxylic acids is 2. The van der Waals surface area contributed by atoms with Gasteiger partial charge in [0, 0.05) is 23.7 Å². The number of hydrogen-bond acceptors (Lipinski definition) is 5. The number of hydroxylamine groups is 1. The number of aryl methyl sites for hydroxylation is 1. The van der Waals surface area contributed by atoms with Crippen molar-refractivity contribution >= 4 is 22.7 Å². The lowest BCUT2D eigenvalue weighted by atomic mass is 9.92. The van der Waals surface area contributed by atoms with Gasteiger partial charge in [0.25, 0.3) is 0 Å². The van der Waals surface area contributed by atoms with Crippen LogP contribution in [0.3, 0.4) is 0 Å². The van der Waals surface area contributed by atoms with E-state index < -0.39 is 17.2 Å². The zero-order valence-corrected chi connectivity index (χ0v) is 17.5. The first-order chi connectivity index (χ1) is 15.0. The van der Waals surface area contributed by atoms with E-state index in [4.69, 9.17) is 9.94 Å². The van der Waals surface area contributed by atoms with Gasteiger partial charge in [0.05, 0.1) is 16.8 Å². The van der Waals surface area contributed by atoms with Crippen LogP contribution in [0, 0.1) is 18.3 Å². The van der Waals surface area contributed by atoms with E-state index in [0.29, 0.717) is 19.4 Å². The Bertz CT molecular complexity index is 1130. The normalized spacial score (nSPS) is 19.6. The summed E-state index contributed by atoms with van der Waals surface area (Å²) in [4.78, 5) is 28.8. The first kappa shape index (κ1) is 20.8. The Balaban J connectivity index is 1.46. The summed E-state index contributed by atoms with van der Waals surface area (Å²) < 4.78 is 6.00. The highest BCUT2D eigenvalue weighted by Crippen LogP contribution is 2.55. The SMILES string of the molecule is CNC(=O)[C@@]1(Cc2ccc(OCc3cc(C)nc4ccccc34)cc2)C[C@@H]1C(=O)NO. The lowest BCUT2D eigenvalue weighted by Crippen LogP contribution is -2.35. The minimum Gasteiger partial charge on any atom is -0.489 e. The van der Waals surface area contributed by atoms with Gasteiger partial charge in [-0.1, -0.05) is 30.3 Å². The predicted molar refractivity (Wildman–Crippen MR) is 115 cm³/mol. The van der Waals surface area contributed by atoms with E-state index in [1.807, 2.05) is 61.5 Å². The second-order valence-electron chi connectivity index (χ2n) is 8.02. The van der Waals surface area contributed by atoms with Crippen molar-refractivity contribution in [3.63, 3.8) is 0 Å². The molecule has 31 heavy (non-hydrogen) atoms. The maximum Gasteiger partial charge on any atom is 0.247 e. The third-order valence-corrected chi connectivity index (χ3v) is 5.95. The van der Waals surface area contributed by atoms with Gasteiger partial charge in [-0.25, -0.2) is 5.48 Å². The van der Waals surface area contributed by atoms with E-state index in [-0.39, 0.29) is 5.91 Å². The Kier molecular flexibility index (Phi) is 5.61. The lowest BCUT2D eigenvalue weighted by Gasteiger charge is -2.16. The van der Waals surface area contributed by atoms with Crippen LogP contribution >= 0.6 is 0 Å². The van der Waals surface area contributed by atoms with Gasteiger partial charge in [0.15, 0.2) is 0 Å². The summed E-state index contributed by atoms with van der Waals surface area (Å²) in [5.41, 5.74) is 4.72. The summed E-state index contributed by atoms with van der Waals surface area (Å²) in [6.07, 6.45) is 0.824. The highest BCUT2D eigenvalue weighted by atomic mass is 16.5. The van der Waals surface area contributed by atoms with Gasteiger partial charge >= 0.3 is 0 Å². The van der Waals surface area contributed by atoms with Gasteiger partial charge in [-0.15, -0.1) is 0 Å². The van der Waals surface area contributed by atoms with Crippen LogP contribution in [0.2, 0.25) is 0 Å². The zero-order chi connectivity index (χ0) is 22.0. The Labute approximate surface area is 180 Å². The molecule has 0 saturated heterocycles. The monoisotopic (exact) mass is 419 g/mol. The quantitative estimate of drug-likeness (QED) is 0.404. The largest absolute Gasteiger partial charge is 0.489 e. The molecule has 1 aliphatic carbocycles. The van der Waals surface area contributed by atoms with Gasteiger partial charge in [0.1, 0.15) is 12.4 Å². The molecule has 0 spiro atoms. The Morgan fingerprint density at radius 2 is 1.94 bits per heavy atom. The third-order valence-electron chi connectivity index (χ3n) is 5.95. The summed E-state index contributed by atoms with van der Waals surface area (Å²) in [5, 5.41) is 12.6. The van der Waals surface area contributed by atoms with Crippen molar-refractivity contribution in [1.82, 2.24) is 15.8 Å². The van der Waals surface area contributed by atoms with E-state index >= 15 is 0 Å². The van der Waals surface area contributed by atoms with Crippen molar-refractivity contribution in [2.45, 2.75) is 26.4 Å². The number of carbonyl (C=O) groups is 2. The molecular formula is C24H25N3O4. The van der Waals surface area contributed by atoms with Crippen molar-refractivity contribution in [2.75, 3.05) is 7.05 Å². The molecule has 1 aromatic heterocycles. The zero-order valence-electron chi connectivity index (χ0n) is 17.5. The number of benzene rings is 2. The molecule has 4 rings (SSSR count). The fourth-order valence-corrected chi connectivity index (χ4v) is 4.25. The minimum absolute atomic E-state index is 0.193. The maximum absolute atomic E-state index is 12.4. The number of nitrogens with one attached hydrogen (secondary N) is 2. The van der Waals surface area contributed by atoms with Crippen LogP contribution in [0.1, 0.15) is 23.2 Å². The van der Waals surface area contributed by atoms with Crippen molar-refractivity contribution in [2.24, 2.45) is 11.3 Å². The molecule has 3 N–H and O–H groups in total. The molecule has 0 radical (unpaired) electrons. The molecule has 7 nitrogen and oxygen atoms in total. The Morgan fingerprint density at radius 3 is 2.65 bits per heavy atom. The molecule has 0 aliphatic heterocycles. The Hall–Kier alpha value is -3.45. The fourth-order valence-electron chi connectivity index (χ4n) is 4.25. The average Bonchev–Trinajstić information content (AvgIpc) is 3.52. The highest BCUT2D eigenvalue weighted by Gasteiger charge is 2.62. The summed E-state index contributed by atoms with van der Waals surface area (Å²) in [5.74, 6) is -0.530. The molecule has 1 heterocycles. The summed E-state index contributed by atoms with van der Waals surface area (Å²) >= 11 is 0. The minimum atomic E-state index is -0.822. The number of ether oxygens (including phenoxy) is 1. The molecule has 1 fully saturated rings. The van der Waals surface area contributed by atoms with Crippen molar-refractivity contribution in [3.05, 3.63) is 71.4 Å². The average molecular weight is 419 g/mol. The standard InChI is InChI=1S/C24H25N3O4/c1-15-11-17(19-5-3-4-6-21(19)26-15)14-31-18-9-7-16(8-10-18)12-24(23(29)25-2)13-20(24)22(28)27-30/h3-11,20,30H,12-14H2,1-2H3,(H,25,29)(H,27,28)/t20-,24+/m1/s1. The Morgan fingerprint density at radius 1 is 1.19 bits per heavy atom. The molecule has 0 unspecified atom stereocenters. The van der Waals surface area contributed by atoms with Crippen LogP contribution in [0.5, 0.6) is 5.75 Å². The maximum atomic E-state index is 12.4. The van der Waals surface area contributed by atoms with Gasteiger partial charge in [-0.3, -0.25) is 19.8 Å². The van der Waals surface area contributed by atoms with E-state index in [1.165, 1.54) is 0 Å². The highest BCUT2D eigenvalue weighted by molar-refractivity contribution is 5.95. The first-order valence-electron chi connectivity index (χ1n) is 10.2. The number of nitrogens with zero attached hydrogens (tertiary/aromatic N) is 1. The van der Waals surface area contributed by atoms with E-state index in [1.54, 1.807) is 12.5 Å². The molecule has 160 valence electrons. The predicted octanol–water partition coefficient (Wildman–Crippen LogP) is 2.92. The number of fused-ring (bicyclic) bond motifs is 1. The van der Waals surface area contributed by atoms with Crippen LogP contribution in [0.4, 0.5) is 0 Å². The molecule has 2 atom stereocenters. The van der Waals surface area contributed by atoms with Gasteiger partial charge < -0.3 is 10.1 Å². The van der Waals surface area contributed by atoms with Crippen molar-refractivity contribution < 1.29 is 19.5 Å². The molecule has 2 aromatic carbocycles. The first-order valence-corrected chi connectivity index (χ1v) is 10.2. The van der Waals surface area contributed by atoms with Crippen LogP contribution < -0.4 is 15.5 Å². The van der Waals surface area contributed by atoms with Crippen molar-refractivity contribution in [1.29, 1.82) is 0 Å². The van der Waals surface area contributed by atoms with Crippen LogP contribution in [-0.4, -0.2) is 29.1 Å². The molecule has 3 aromatic rings. The number of hydrogen-bond donors (Lipinski definition) is 3. The second-order valence-corrected chi connectivity index (χ2v) is 8.02. The van der Waals surface area contributed by atoms with E-state index in [0.717, 1.165) is 33.5 Å². The smallest absolute Gasteiger partial charge is 0.247 e. The number of amides is 2. The van der Waals surface area contributed by atoms with Gasteiger partial charge in [-0.2, -0.15) is 0 Å². The van der Waals surface area contributed by atoms with Crippen molar-refractivity contribution in [3.8, 4) is 5.75 Å². The van der Waals surface area contributed by atoms with Crippen LogP contribution in [0.25, 0.3) is 10.9 Å². The molecular weight excluding hydrogens is 394 g/mol. The second kappa shape index (κ2) is 8.35. The molecule has 7 heteroatoms. The number of aromatic nitrogens is 1. The fraction of sp³-hybridized carbons (Fsp3) is 0.292.